The summed E-state index contributed by atoms with van der Waals surface area (Å²) in [6.07, 6.45) is -0.707. The van der Waals surface area contributed by atoms with Crippen molar-refractivity contribution in [3.63, 3.8) is 0 Å². The minimum Gasteiger partial charge on any atom is -0.481 e. The first-order valence-electron chi connectivity index (χ1n) is 9.65. The molecular weight excluding hydrogens is 429 g/mol. The summed E-state index contributed by atoms with van der Waals surface area (Å²) in [5, 5.41) is 22.8. The number of carboxylic acids is 2. The van der Waals surface area contributed by atoms with Crippen LogP contribution in [0.1, 0.15) is 30.1 Å². The first-order valence-corrected chi connectivity index (χ1v) is 9.65. The van der Waals surface area contributed by atoms with Gasteiger partial charge < -0.3 is 30.5 Å². The zero-order valence-electron chi connectivity index (χ0n) is 17.7. The van der Waals surface area contributed by atoms with E-state index < -0.39 is 60.6 Å². The fourth-order valence-electron chi connectivity index (χ4n) is 2.65. The number of carbonyl (C=O) groups excluding carboxylic acids is 3. The van der Waals surface area contributed by atoms with Crippen molar-refractivity contribution in [3.8, 4) is 0 Å². The van der Waals surface area contributed by atoms with Crippen LogP contribution in [0, 0.1) is 5.82 Å². The molecule has 1 aromatic rings. The van der Waals surface area contributed by atoms with Crippen LogP contribution in [0.2, 0.25) is 0 Å². The molecule has 0 heterocycles. The first kappa shape index (κ1) is 26.5. The van der Waals surface area contributed by atoms with Crippen molar-refractivity contribution >= 4 is 29.7 Å². The van der Waals surface area contributed by atoms with Gasteiger partial charge in [-0.3, -0.25) is 19.2 Å². The molecule has 0 unspecified atom stereocenters. The van der Waals surface area contributed by atoms with Crippen molar-refractivity contribution in [1.29, 1.82) is 0 Å². The van der Waals surface area contributed by atoms with E-state index in [2.05, 4.69) is 10.6 Å². The molecule has 12 heteroatoms. The summed E-state index contributed by atoms with van der Waals surface area (Å²) in [5.74, 6) is -4.79. The van der Waals surface area contributed by atoms with E-state index in [0.29, 0.717) is 0 Å². The van der Waals surface area contributed by atoms with Gasteiger partial charge in [0, 0.05) is 25.6 Å². The fourth-order valence-corrected chi connectivity index (χ4v) is 2.65. The summed E-state index contributed by atoms with van der Waals surface area (Å²) >= 11 is 0. The quantitative estimate of drug-likeness (QED) is 0.299. The summed E-state index contributed by atoms with van der Waals surface area (Å²) in [6.45, 7) is 1.04. The van der Waals surface area contributed by atoms with E-state index in [9.17, 15) is 33.5 Å². The minimum absolute atomic E-state index is 0.00113. The first-order chi connectivity index (χ1) is 15.0. The van der Waals surface area contributed by atoms with E-state index in [1.807, 2.05) is 0 Å². The van der Waals surface area contributed by atoms with Gasteiger partial charge in [0.15, 0.2) is 0 Å². The molecule has 3 amide bonds. The smallest absolute Gasteiger partial charge is 0.326 e. The number of hydrogen-bond acceptors (Lipinski definition) is 6. The average molecular weight is 455 g/mol. The highest BCUT2D eigenvalue weighted by Gasteiger charge is 2.30. The van der Waals surface area contributed by atoms with Crippen LogP contribution >= 0.6 is 0 Å². The zero-order chi connectivity index (χ0) is 24.3. The highest BCUT2D eigenvalue weighted by Crippen LogP contribution is 2.08. The molecule has 176 valence electrons. The van der Waals surface area contributed by atoms with Crippen LogP contribution in [0.5, 0.6) is 0 Å². The molecule has 0 bridgehead atoms. The lowest BCUT2D eigenvalue weighted by molar-refractivity contribution is -0.151. The molecule has 0 fully saturated rings. The van der Waals surface area contributed by atoms with E-state index in [0.717, 1.165) is 17.0 Å². The number of amides is 3. The molecule has 0 spiro atoms. The maximum atomic E-state index is 12.8. The predicted octanol–water partition coefficient (Wildman–Crippen LogP) is -0.147. The molecule has 0 aromatic heterocycles. The molecule has 1 rings (SSSR count). The number of carboxylic acid groups (broad SMARTS) is 2. The van der Waals surface area contributed by atoms with Gasteiger partial charge in [-0.2, -0.15) is 0 Å². The second-order valence-electron chi connectivity index (χ2n) is 6.84. The minimum atomic E-state index is -1.35. The molecule has 0 radical (unpaired) electrons. The van der Waals surface area contributed by atoms with E-state index in [4.69, 9.17) is 9.84 Å². The second kappa shape index (κ2) is 13.0. The van der Waals surface area contributed by atoms with Crippen LogP contribution in [0.4, 0.5) is 4.39 Å². The Morgan fingerprint density at radius 1 is 1.12 bits per heavy atom. The number of carbonyl (C=O) groups is 5. The molecule has 0 saturated heterocycles. The lowest BCUT2D eigenvalue weighted by Crippen LogP contribution is -2.51. The van der Waals surface area contributed by atoms with E-state index >= 15 is 0 Å². The van der Waals surface area contributed by atoms with Crippen molar-refractivity contribution in [2.75, 3.05) is 26.8 Å². The second-order valence-corrected chi connectivity index (χ2v) is 6.84. The van der Waals surface area contributed by atoms with Crippen molar-refractivity contribution in [2.45, 2.75) is 31.8 Å². The van der Waals surface area contributed by atoms with Gasteiger partial charge in [-0.1, -0.05) is 0 Å². The number of benzene rings is 1. The number of halogens is 1. The lowest BCUT2D eigenvalue weighted by Gasteiger charge is -2.27. The third-order valence-electron chi connectivity index (χ3n) is 4.35. The third kappa shape index (κ3) is 9.08. The predicted molar refractivity (Wildman–Crippen MR) is 108 cm³/mol. The molecule has 11 nitrogen and oxygen atoms in total. The van der Waals surface area contributed by atoms with E-state index in [1.54, 1.807) is 0 Å². The average Bonchev–Trinajstić information content (AvgIpc) is 2.72. The molecule has 0 aliphatic rings. The Labute approximate surface area is 183 Å². The Kier molecular flexibility index (Phi) is 10.8. The van der Waals surface area contributed by atoms with Crippen molar-refractivity contribution in [1.82, 2.24) is 15.5 Å². The van der Waals surface area contributed by atoms with Crippen LogP contribution < -0.4 is 10.6 Å². The van der Waals surface area contributed by atoms with Crippen LogP contribution in [-0.4, -0.2) is 83.7 Å². The number of aliphatic carboxylic acids is 2. The molecule has 0 aliphatic heterocycles. The maximum absolute atomic E-state index is 12.8. The Morgan fingerprint density at radius 3 is 2.31 bits per heavy atom. The lowest BCUT2D eigenvalue weighted by atomic mass is 10.1. The van der Waals surface area contributed by atoms with E-state index in [-0.39, 0.29) is 25.1 Å². The largest absolute Gasteiger partial charge is 0.481 e. The normalized spacial score (nSPS) is 12.3. The van der Waals surface area contributed by atoms with Gasteiger partial charge in [-0.25, -0.2) is 9.18 Å². The number of rotatable bonds is 13. The van der Waals surface area contributed by atoms with Gasteiger partial charge in [0.05, 0.1) is 6.61 Å². The molecular formula is C20H26FN3O8. The Balaban J connectivity index is 2.37. The summed E-state index contributed by atoms with van der Waals surface area (Å²) in [5.41, 5.74) is 0.267. The van der Waals surface area contributed by atoms with Gasteiger partial charge in [0.25, 0.3) is 5.91 Å². The molecule has 1 aromatic carbocycles. The van der Waals surface area contributed by atoms with Gasteiger partial charge in [0.1, 0.15) is 24.5 Å². The van der Waals surface area contributed by atoms with Gasteiger partial charge >= 0.3 is 11.9 Å². The highest BCUT2D eigenvalue weighted by atomic mass is 19.1. The summed E-state index contributed by atoms with van der Waals surface area (Å²) < 4.78 is 18.0. The molecule has 4 N–H and O–H groups in total. The van der Waals surface area contributed by atoms with Crippen molar-refractivity contribution in [2.24, 2.45) is 0 Å². The van der Waals surface area contributed by atoms with Gasteiger partial charge in [-0.05, 0) is 37.6 Å². The summed E-state index contributed by atoms with van der Waals surface area (Å²) in [6, 6.07) is 2.54. The standard InChI is InChI=1S/C20H26FN3O8/c1-12(19(29)24(2)15(20(30)31)7-8-17(26)27)23-16(25)11-32-10-9-22-18(28)13-3-5-14(21)6-4-13/h3-6,12,15H,7-11H2,1-2H3,(H,22,28)(H,23,25)(H,26,27)(H,30,31)/t12-,15-/m0/s1. The Hall–Kier alpha value is -3.54. The molecule has 32 heavy (non-hydrogen) atoms. The Morgan fingerprint density at radius 2 is 1.75 bits per heavy atom. The summed E-state index contributed by atoms with van der Waals surface area (Å²) in [4.78, 5) is 59.0. The zero-order valence-corrected chi connectivity index (χ0v) is 17.7. The van der Waals surface area contributed by atoms with Crippen LogP contribution in [0.15, 0.2) is 24.3 Å². The number of hydrogen-bond donors (Lipinski definition) is 4. The van der Waals surface area contributed by atoms with E-state index in [1.165, 1.54) is 26.1 Å². The third-order valence-corrected chi connectivity index (χ3v) is 4.35. The number of nitrogens with one attached hydrogen (secondary N) is 2. The molecule has 0 saturated carbocycles. The summed E-state index contributed by atoms with van der Waals surface area (Å²) in [7, 11) is 1.21. The SMILES string of the molecule is C[C@H](NC(=O)COCCNC(=O)c1ccc(F)cc1)C(=O)N(C)[C@@H](CCC(=O)O)C(=O)O. The van der Waals surface area contributed by atoms with Gasteiger partial charge in [-0.15, -0.1) is 0 Å². The molecule has 2 atom stereocenters. The maximum Gasteiger partial charge on any atom is 0.326 e. The van der Waals surface area contributed by atoms with Crippen molar-refractivity contribution < 1.29 is 43.3 Å². The van der Waals surface area contributed by atoms with Crippen LogP contribution in [0.3, 0.4) is 0 Å². The van der Waals surface area contributed by atoms with Crippen LogP contribution in [0.25, 0.3) is 0 Å². The highest BCUT2D eigenvalue weighted by molar-refractivity contribution is 5.94. The monoisotopic (exact) mass is 455 g/mol. The Bertz CT molecular complexity index is 831. The fraction of sp³-hybridized carbons (Fsp3) is 0.450. The number of ether oxygens (including phenoxy) is 1. The number of nitrogens with zero attached hydrogens (tertiary/aromatic N) is 1. The molecule has 0 aliphatic carbocycles. The number of likely N-dealkylation sites (N-methyl/N-ethyl adjacent to an activating group) is 1. The topological polar surface area (TPSA) is 162 Å². The van der Waals surface area contributed by atoms with Gasteiger partial charge in [0.2, 0.25) is 11.8 Å². The van der Waals surface area contributed by atoms with Crippen LogP contribution in [-0.2, 0) is 23.9 Å². The van der Waals surface area contributed by atoms with Crippen molar-refractivity contribution in [3.05, 3.63) is 35.6 Å².